The molecule has 3 nitrogen and oxygen atoms in total. The molecule has 2 rings (SSSR count). The average molecular weight is 219 g/mol. The number of imide groups is 1. The summed E-state index contributed by atoms with van der Waals surface area (Å²) in [5.41, 5.74) is 1.07. The molecule has 2 amide bonds. The zero-order chi connectivity index (χ0) is 12.1. The summed E-state index contributed by atoms with van der Waals surface area (Å²) in [6.07, 6.45) is 0.797. The molecular weight excluding hydrogens is 202 g/mol. The van der Waals surface area contributed by atoms with E-state index in [1.165, 1.54) is 4.90 Å². The van der Waals surface area contributed by atoms with Crippen LogP contribution in [-0.4, -0.2) is 23.3 Å². The summed E-state index contributed by atoms with van der Waals surface area (Å²) in [5, 5.41) is 0. The number of carbonyl (C=O) groups excluding carboxylic acids is 2. The molecule has 0 saturated heterocycles. The molecular formula is C13H17NO2. The van der Waals surface area contributed by atoms with E-state index in [1.54, 1.807) is 24.3 Å². The molecule has 0 aromatic heterocycles. The number of hydrogen-bond donors (Lipinski definition) is 0. The van der Waals surface area contributed by atoms with Crippen LogP contribution in [0.3, 0.4) is 0 Å². The Hall–Kier alpha value is -1.64. The Balaban J connectivity index is 0.000000606. The molecule has 0 bridgehead atoms. The van der Waals surface area contributed by atoms with Crippen molar-refractivity contribution in [2.45, 2.75) is 27.2 Å². The van der Waals surface area contributed by atoms with Crippen LogP contribution in [0, 0.1) is 0 Å². The molecule has 0 unspecified atom stereocenters. The first-order valence-electron chi connectivity index (χ1n) is 5.71. The molecule has 1 aromatic rings. The number of benzene rings is 1. The fraction of sp³-hybridized carbons (Fsp3) is 0.385. The molecule has 0 atom stereocenters. The number of fused-ring (bicyclic) bond motifs is 1. The molecule has 0 spiro atoms. The normalized spacial score (nSPS) is 13.3. The Labute approximate surface area is 96.1 Å². The number of nitrogens with zero attached hydrogens (tertiary/aromatic N) is 1. The second-order valence-electron chi connectivity index (χ2n) is 3.31. The predicted molar refractivity (Wildman–Crippen MR) is 63.4 cm³/mol. The second kappa shape index (κ2) is 5.45. The van der Waals surface area contributed by atoms with Crippen molar-refractivity contribution < 1.29 is 9.59 Å². The van der Waals surface area contributed by atoms with Gasteiger partial charge < -0.3 is 0 Å². The number of rotatable bonds is 2. The van der Waals surface area contributed by atoms with Crippen LogP contribution in [-0.2, 0) is 0 Å². The lowest BCUT2D eigenvalue weighted by molar-refractivity contribution is 0.0654. The lowest BCUT2D eigenvalue weighted by Gasteiger charge is -2.11. The van der Waals surface area contributed by atoms with Gasteiger partial charge in [0, 0.05) is 6.54 Å². The number of amides is 2. The minimum Gasteiger partial charge on any atom is -0.274 e. The van der Waals surface area contributed by atoms with Crippen molar-refractivity contribution in [2.75, 3.05) is 6.54 Å². The van der Waals surface area contributed by atoms with Crippen LogP contribution < -0.4 is 0 Å². The minimum absolute atomic E-state index is 0.160. The van der Waals surface area contributed by atoms with Gasteiger partial charge in [-0.25, -0.2) is 0 Å². The fourth-order valence-corrected chi connectivity index (χ4v) is 1.67. The van der Waals surface area contributed by atoms with Crippen LogP contribution in [0.1, 0.15) is 47.9 Å². The van der Waals surface area contributed by atoms with Crippen LogP contribution in [0.2, 0.25) is 0 Å². The van der Waals surface area contributed by atoms with Crippen molar-refractivity contribution in [1.82, 2.24) is 4.90 Å². The highest BCUT2D eigenvalue weighted by Crippen LogP contribution is 2.22. The lowest BCUT2D eigenvalue weighted by Crippen LogP contribution is -2.30. The first kappa shape index (κ1) is 12.4. The van der Waals surface area contributed by atoms with Crippen LogP contribution in [0.5, 0.6) is 0 Å². The van der Waals surface area contributed by atoms with Gasteiger partial charge >= 0.3 is 0 Å². The van der Waals surface area contributed by atoms with Gasteiger partial charge in [-0.15, -0.1) is 0 Å². The Morgan fingerprint density at radius 1 is 1.00 bits per heavy atom. The van der Waals surface area contributed by atoms with Crippen molar-refractivity contribution >= 4 is 11.8 Å². The molecule has 86 valence electrons. The van der Waals surface area contributed by atoms with E-state index in [-0.39, 0.29) is 11.8 Å². The molecule has 1 aromatic carbocycles. The van der Waals surface area contributed by atoms with Crippen molar-refractivity contribution in [3.63, 3.8) is 0 Å². The van der Waals surface area contributed by atoms with Gasteiger partial charge in [0.15, 0.2) is 0 Å². The maximum absolute atomic E-state index is 11.7. The highest BCUT2D eigenvalue weighted by molar-refractivity contribution is 6.21. The summed E-state index contributed by atoms with van der Waals surface area (Å²) in [5.74, 6) is -0.320. The minimum atomic E-state index is -0.160. The van der Waals surface area contributed by atoms with E-state index in [1.807, 2.05) is 20.8 Å². The van der Waals surface area contributed by atoms with Crippen molar-refractivity contribution in [3.05, 3.63) is 35.4 Å². The Morgan fingerprint density at radius 2 is 1.44 bits per heavy atom. The van der Waals surface area contributed by atoms with Gasteiger partial charge in [0.2, 0.25) is 0 Å². The predicted octanol–water partition coefficient (Wildman–Crippen LogP) is 2.72. The van der Waals surface area contributed by atoms with E-state index in [9.17, 15) is 9.59 Å². The molecule has 0 N–H and O–H groups in total. The maximum Gasteiger partial charge on any atom is 0.261 e. The molecule has 16 heavy (non-hydrogen) atoms. The summed E-state index contributed by atoms with van der Waals surface area (Å²) in [6.45, 7) is 6.45. The third kappa shape index (κ3) is 1.98. The SMILES string of the molecule is CC.CCCN1C(=O)c2ccccc2C1=O. The van der Waals surface area contributed by atoms with Crippen LogP contribution in [0.4, 0.5) is 0 Å². The van der Waals surface area contributed by atoms with E-state index in [2.05, 4.69) is 0 Å². The number of hydrogen-bond acceptors (Lipinski definition) is 2. The zero-order valence-corrected chi connectivity index (χ0v) is 9.99. The maximum atomic E-state index is 11.7. The molecule has 1 aliphatic heterocycles. The van der Waals surface area contributed by atoms with Gasteiger partial charge in [0.25, 0.3) is 11.8 Å². The Morgan fingerprint density at radius 3 is 1.81 bits per heavy atom. The van der Waals surface area contributed by atoms with E-state index >= 15 is 0 Å². The fourth-order valence-electron chi connectivity index (χ4n) is 1.67. The molecule has 0 saturated carbocycles. The topological polar surface area (TPSA) is 37.4 Å². The van der Waals surface area contributed by atoms with Crippen molar-refractivity contribution in [1.29, 1.82) is 0 Å². The van der Waals surface area contributed by atoms with Crippen LogP contribution in [0.15, 0.2) is 24.3 Å². The van der Waals surface area contributed by atoms with Gasteiger partial charge in [0.1, 0.15) is 0 Å². The van der Waals surface area contributed by atoms with Gasteiger partial charge in [-0.3, -0.25) is 14.5 Å². The van der Waals surface area contributed by atoms with Crippen molar-refractivity contribution in [3.8, 4) is 0 Å². The quantitative estimate of drug-likeness (QED) is 0.717. The Bertz CT molecular complexity index is 364. The highest BCUT2D eigenvalue weighted by Gasteiger charge is 2.33. The third-order valence-electron chi connectivity index (χ3n) is 2.33. The van der Waals surface area contributed by atoms with Crippen molar-refractivity contribution in [2.24, 2.45) is 0 Å². The van der Waals surface area contributed by atoms with Gasteiger partial charge in [0.05, 0.1) is 11.1 Å². The Kier molecular flexibility index (Phi) is 4.23. The van der Waals surface area contributed by atoms with Crippen LogP contribution in [0.25, 0.3) is 0 Å². The third-order valence-corrected chi connectivity index (χ3v) is 2.33. The molecule has 1 heterocycles. The molecule has 0 radical (unpaired) electrons. The summed E-state index contributed by atoms with van der Waals surface area (Å²) in [7, 11) is 0. The smallest absolute Gasteiger partial charge is 0.261 e. The monoisotopic (exact) mass is 219 g/mol. The first-order chi connectivity index (χ1) is 7.75. The van der Waals surface area contributed by atoms with E-state index in [4.69, 9.17) is 0 Å². The van der Waals surface area contributed by atoms with Crippen LogP contribution >= 0.6 is 0 Å². The van der Waals surface area contributed by atoms with Gasteiger partial charge in [-0.1, -0.05) is 32.9 Å². The zero-order valence-electron chi connectivity index (χ0n) is 9.99. The molecule has 0 fully saturated rings. The molecule has 1 aliphatic rings. The summed E-state index contributed by atoms with van der Waals surface area (Å²) in [6, 6.07) is 6.95. The second-order valence-corrected chi connectivity index (χ2v) is 3.31. The molecule has 3 heteroatoms. The number of carbonyl (C=O) groups is 2. The van der Waals surface area contributed by atoms with Gasteiger partial charge in [-0.2, -0.15) is 0 Å². The standard InChI is InChI=1S/C11H11NO2.C2H6/c1-2-7-12-10(13)8-5-3-4-6-9(8)11(12)14;1-2/h3-6H,2,7H2,1H3;1-2H3. The summed E-state index contributed by atoms with van der Waals surface area (Å²) < 4.78 is 0. The van der Waals surface area contributed by atoms with Gasteiger partial charge in [-0.05, 0) is 18.6 Å². The largest absolute Gasteiger partial charge is 0.274 e. The van der Waals surface area contributed by atoms with E-state index < -0.39 is 0 Å². The average Bonchev–Trinajstić information content (AvgIpc) is 2.58. The summed E-state index contributed by atoms with van der Waals surface area (Å²) in [4.78, 5) is 24.7. The molecule has 0 aliphatic carbocycles. The lowest BCUT2D eigenvalue weighted by atomic mass is 10.1. The highest BCUT2D eigenvalue weighted by atomic mass is 16.2. The van der Waals surface area contributed by atoms with E-state index in [0.29, 0.717) is 17.7 Å². The van der Waals surface area contributed by atoms with E-state index in [0.717, 1.165) is 6.42 Å². The summed E-state index contributed by atoms with van der Waals surface area (Å²) >= 11 is 0. The first-order valence-corrected chi connectivity index (χ1v) is 5.71.